The molecule has 3 aromatic rings. The van der Waals surface area contributed by atoms with Crippen LogP contribution in [0.4, 0.5) is 10.5 Å². The Morgan fingerprint density at radius 3 is 2.83 bits per heavy atom. The Morgan fingerprint density at radius 1 is 1.24 bits per heavy atom. The Morgan fingerprint density at radius 2 is 2.07 bits per heavy atom. The summed E-state index contributed by atoms with van der Waals surface area (Å²) < 4.78 is 10.7. The summed E-state index contributed by atoms with van der Waals surface area (Å²) >= 11 is 0. The van der Waals surface area contributed by atoms with Gasteiger partial charge < -0.3 is 19.5 Å². The number of aryl methyl sites for hydroxylation is 1. The predicted molar refractivity (Wildman–Crippen MR) is 110 cm³/mol. The third kappa shape index (κ3) is 4.39. The number of nitrogens with one attached hydrogen (secondary N) is 1. The number of aromatic nitrogens is 2. The molecule has 1 unspecified atom stereocenters. The van der Waals surface area contributed by atoms with E-state index in [0.29, 0.717) is 24.8 Å². The van der Waals surface area contributed by atoms with Gasteiger partial charge >= 0.3 is 6.03 Å². The van der Waals surface area contributed by atoms with E-state index in [1.165, 1.54) is 0 Å². The zero-order valence-electron chi connectivity index (χ0n) is 16.6. The minimum Gasteiger partial charge on any atom is -0.497 e. The van der Waals surface area contributed by atoms with Crippen LogP contribution in [0.2, 0.25) is 0 Å². The minimum atomic E-state index is -0.127. The van der Waals surface area contributed by atoms with E-state index >= 15 is 0 Å². The highest BCUT2D eigenvalue weighted by Crippen LogP contribution is 2.28. The van der Waals surface area contributed by atoms with Gasteiger partial charge in [-0.1, -0.05) is 28.9 Å². The van der Waals surface area contributed by atoms with Gasteiger partial charge in [0, 0.05) is 24.3 Å². The molecule has 1 aliphatic heterocycles. The average molecular weight is 392 g/mol. The maximum Gasteiger partial charge on any atom is 0.321 e. The summed E-state index contributed by atoms with van der Waals surface area (Å²) in [6, 6.07) is 15.2. The zero-order valence-corrected chi connectivity index (χ0v) is 16.6. The number of hydrogen-bond acceptors (Lipinski definition) is 5. The molecule has 7 heteroatoms. The molecular formula is C22H24N4O3. The second-order valence-electron chi connectivity index (χ2n) is 7.27. The van der Waals surface area contributed by atoms with Crippen LogP contribution in [0.1, 0.15) is 30.2 Å². The Balaban J connectivity index is 1.42. The van der Waals surface area contributed by atoms with Crippen molar-refractivity contribution in [3.63, 3.8) is 0 Å². The standard InChI is InChI=1S/C22H24N4O3/c1-15-5-3-6-16(13-15)20-24-21(29-25-20)17-7-4-12-26(14-17)22(27)23-18-8-10-19(28-2)11-9-18/h3,5-6,8-11,13,17H,4,7,12,14H2,1-2H3,(H,23,27). The van der Waals surface area contributed by atoms with Crippen LogP contribution < -0.4 is 10.1 Å². The first-order valence-corrected chi connectivity index (χ1v) is 9.73. The van der Waals surface area contributed by atoms with Crippen LogP contribution in [0.5, 0.6) is 5.75 Å². The van der Waals surface area contributed by atoms with Crippen LogP contribution in [0.3, 0.4) is 0 Å². The van der Waals surface area contributed by atoms with Crippen LogP contribution in [0.25, 0.3) is 11.4 Å². The molecule has 1 aliphatic rings. The van der Waals surface area contributed by atoms with Crippen LogP contribution >= 0.6 is 0 Å². The Kier molecular flexibility index (Phi) is 5.46. The molecule has 0 saturated carbocycles. The van der Waals surface area contributed by atoms with Crippen molar-refractivity contribution < 1.29 is 14.1 Å². The molecule has 1 aromatic heterocycles. The number of carbonyl (C=O) groups is 1. The number of methoxy groups -OCH3 is 1. The van der Waals surface area contributed by atoms with Gasteiger partial charge in [0.1, 0.15) is 5.75 Å². The predicted octanol–water partition coefficient (Wildman–Crippen LogP) is 4.47. The van der Waals surface area contributed by atoms with E-state index in [0.717, 1.165) is 35.4 Å². The van der Waals surface area contributed by atoms with E-state index in [1.807, 2.05) is 55.5 Å². The number of piperidine rings is 1. The molecule has 1 saturated heterocycles. The summed E-state index contributed by atoms with van der Waals surface area (Å²) in [6.45, 7) is 3.29. The molecular weight excluding hydrogens is 368 g/mol. The molecule has 1 atom stereocenters. The van der Waals surface area contributed by atoms with Crippen molar-refractivity contribution in [2.75, 3.05) is 25.5 Å². The second-order valence-corrected chi connectivity index (χ2v) is 7.27. The minimum absolute atomic E-state index is 0.0384. The quantitative estimate of drug-likeness (QED) is 0.709. The molecule has 150 valence electrons. The fraction of sp³-hybridized carbons (Fsp3) is 0.318. The molecule has 2 aromatic carbocycles. The summed E-state index contributed by atoms with van der Waals surface area (Å²) in [7, 11) is 1.61. The first kappa shape index (κ1) is 19.0. The van der Waals surface area contributed by atoms with Crippen molar-refractivity contribution in [1.82, 2.24) is 15.0 Å². The normalized spacial score (nSPS) is 16.5. The monoisotopic (exact) mass is 392 g/mol. The van der Waals surface area contributed by atoms with Crippen molar-refractivity contribution in [3.05, 3.63) is 60.0 Å². The fourth-order valence-corrected chi connectivity index (χ4v) is 3.54. The van der Waals surface area contributed by atoms with Crippen LogP contribution in [-0.4, -0.2) is 41.3 Å². The Hall–Kier alpha value is -3.35. The van der Waals surface area contributed by atoms with Gasteiger partial charge in [-0.05, 0) is 50.1 Å². The lowest BCUT2D eigenvalue weighted by molar-refractivity contribution is 0.184. The Bertz CT molecular complexity index is 984. The highest BCUT2D eigenvalue weighted by molar-refractivity contribution is 5.89. The van der Waals surface area contributed by atoms with E-state index < -0.39 is 0 Å². The van der Waals surface area contributed by atoms with Gasteiger partial charge in [0.15, 0.2) is 0 Å². The lowest BCUT2D eigenvalue weighted by Gasteiger charge is -2.31. The molecule has 4 rings (SSSR count). The lowest BCUT2D eigenvalue weighted by atomic mass is 9.98. The van der Waals surface area contributed by atoms with Crippen LogP contribution in [0, 0.1) is 6.92 Å². The molecule has 0 radical (unpaired) electrons. The lowest BCUT2D eigenvalue weighted by Crippen LogP contribution is -2.41. The van der Waals surface area contributed by atoms with Crippen molar-refractivity contribution in [2.45, 2.75) is 25.7 Å². The van der Waals surface area contributed by atoms with Crippen molar-refractivity contribution in [3.8, 4) is 17.1 Å². The van der Waals surface area contributed by atoms with E-state index in [2.05, 4.69) is 15.5 Å². The summed E-state index contributed by atoms with van der Waals surface area (Å²) in [6.07, 6.45) is 1.81. The number of benzene rings is 2. The van der Waals surface area contributed by atoms with E-state index in [9.17, 15) is 4.79 Å². The summed E-state index contributed by atoms with van der Waals surface area (Å²) in [5.74, 6) is 1.96. The third-order valence-corrected chi connectivity index (χ3v) is 5.12. The smallest absolute Gasteiger partial charge is 0.321 e. The number of urea groups is 1. The number of hydrogen-bond donors (Lipinski definition) is 1. The van der Waals surface area contributed by atoms with Gasteiger partial charge in [-0.25, -0.2) is 4.79 Å². The van der Waals surface area contributed by atoms with Gasteiger partial charge in [-0.2, -0.15) is 4.98 Å². The number of ether oxygens (including phenoxy) is 1. The average Bonchev–Trinajstić information content (AvgIpc) is 3.25. The third-order valence-electron chi connectivity index (χ3n) is 5.12. The molecule has 2 heterocycles. The van der Waals surface area contributed by atoms with Crippen molar-refractivity contribution in [1.29, 1.82) is 0 Å². The molecule has 1 fully saturated rings. The highest BCUT2D eigenvalue weighted by atomic mass is 16.5. The van der Waals surface area contributed by atoms with Gasteiger partial charge in [-0.15, -0.1) is 0 Å². The first-order valence-electron chi connectivity index (χ1n) is 9.73. The molecule has 2 amide bonds. The van der Waals surface area contributed by atoms with Crippen LogP contribution in [-0.2, 0) is 0 Å². The number of likely N-dealkylation sites (tertiary alicyclic amines) is 1. The fourth-order valence-electron chi connectivity index (χ4n) is 3.54. The maximum atomic E-state index is 12.7. The number of anilines is 1. The van der Waals surface area contributed by atoms with Crippen molar-refractivity contribution >= 4 is 11.7 Å². The second kappa shape index (κ2) is 8.34. The van der Waals surface area contributed by atoms with E-state index in [-0.39, 0.29) is 11.9 Å². The number of carbonyl (C=O) groups excluding carboxylic acids is 1. The SMILES string of the molecule is COc1ccc(NC(=O)N2CCCC(c3nc(-c4cccc(C)c4)no3)C2)cc1. The Labute approximate surface area is 169 Å². The summed E-state index contributed by atoms with van der Waals surface area (Å²) in [5, 5.41) is 7.08. The first-order chi connectivity index (χ1) is 14.1. The van der Waals surface area contributed by atoms with Gasteiger partial charge in [-0.3, -0.25) is 0 Å². The molecule has 29 heavy (non-hydrogen) atoms. The van der Waals surface area contributed by atoms with E-state index in [1.54, 1.807) is 12.0 Å². The van der Waals surface area contributed by atoms with Gasteiger partial charge in [0.25, 0.3) is 0 Å². The molecule has 0 spiro atoms. The molecule has 0 bridgehead atoms. The largest absolute Gasteiger partial charge is 0.497 e. The van der Waals surface area contributed by atoms with Gasteiger partial charge in [0.05, 0.1) is 13.0 Å². The summed E-state index contributed by atoms with van der Waals surface area (Å²) in [5.41, 5.74) is 2.82. The molecule has 0 aliphatic carbocycles. The number of amides is 2. The highest BCUT2D eigenvalue weighted by Gasteiger charge is 2.28. The molecule has 7 nitrogen and oxygen atoms in total. The number of rotatable bonds is 4. The zero-order chi connectivity index (χ0) is 20.2. The van der Waals surface area contributed by atoms with Crippen molar-refractivity contribution in [2.24, 2.45) is 0 Å². The number of nitrogens with zero attached hydrogens (tertiary/aromatic N) is 3. The maximum absolute atomic E-state index is 12.7. The van der Waals surface area contributed by atoms with Gasteiger partial charge in [0.2, 0.25) is 11.7 Å². The topological polar surface area (TPSA) is 80.5 Å². The summed E-state index contributed by atoms with van der Waals surface area (Å²) in [4.78, 5) is 19.1. The van der Waals surface area contributed by atoms with E-state index in [4.69, 9.17) is 9.26 Å². The molecule has 1 N–H and O–H groups in total. The van der Waals surface area contributed by atoms with Crippen LogP contribution in [0.15, 0.2) is 53.1 Å².